The van der Waals surface area contributed by atoms with E-state index in [9.17, 15) is 8.78 Å². The van der Waals surface area contributed by atoms with Crippen LogP contribution in [0.3, 0.4) is 0 Å². The number of halogens is 2. The Morgan fingerprint density at radius 2 is 2.00 bits per heavy atom. The summed E-state index contributed by atoms with van der Waals surface area (Å²) in [6.07, 6.45) is 3.14. The Morgan fingerprint density at radius 1 is 1.16 bits per heavy atom. The molecule has 0 saturated carbocycles. The molecule has 1 N–H and O–H groups in total. The fourth-order valence-corrected chi connectivity index (χ4v) is 2.95. The molecular formula is C17H14F2N4O2. The zero-order valence-electron chi connectivity index (χ0n) is 13.5. The minimum Gasteiger partial charge on any atom is -0.497 e. The predicted molar refractivity (Wildman–Crippen MR) is 89.0 cm³/mol. The van der Waals surface area contributed by atoms with E-state index in [1.54, 1.807) is 13.2 Å². The maximum Gasteiger partial charge on any atom is 0.388 e. The van der Waals surface area contributed by atoms with Crippen molar-refractivity contribution in [2.24, 2.45) is 7.05 Å². The third-order valence-electron chi connectivity index (χ3n) is 4.08. The molecule has 3 aromatic heterocycles. The summed E-state index contributed by atoms with van der Waals surface area (Å²) in [5.41, 5.74) is 3.08. The van der Waals surface area contributed by atoms with Crippen LogP contribution in [0.5, 0.6) is 11.6 Å². The molecule has 3 heterocycles. The van der Waals surface area contributed by atoms with Crippen molar-refractivity contribution < 1.29 is 18.3 Å². The lowest BCUT2D eigenvalue weighted by Gasteiger charge is -2.02. The van der Waals surface area contributed by atoms with E-state index in [1.807, 2.05) is 36.0 Å². The van der Waals surface area contributed by atoms with Crippen LogP contribution in [0.15, 0.2) is 36.8 Å². The zero-order chi connectivity index (χ0) is 17.6. The highest BCUT2D eigenvalue weighted by atomic mass is 19.3. The van der Waals surface area contributed by atoms with Crippen LogP contribution in [0.4, 0.5) is 8.78 Å². The summed E-state index contributed by atoms with van der Waals surface area (Å²) in [5, 5.41) is 1.37. The summed E-state index contributed by atoms with van der Waals surface area (Å²) >= 11 is 0. The van der Waals surface area contributed by atoms with Crippen molar-refractivity contribution in [2.75, 3.05) is 7.11 Å². The average molecular weight is 344 g/mol. The first-order chi connectivity index (χ1) is 12.1. The van der Waals surface area contributed by atoms with E-state index < -0.39 is 6.61 Å². The second kappa shape index (κ2) is 5.73. The van der Waals surface area contributed by atoms with Gasteiger partial charge in [-0.25, -0.2) is 9.97 Å². The van der Waals surface area contributed by atoms with E-state index in [2.05, 4.69) is 19.7 Å². The number of aryl methyl sites for hydroxylation is 1. The molecule has 1 aromatic carbocycles. The molecule has 0 saturated heterocycles. The first-order valence-corrected chi connectivity index (χ1v) is 7.49. The van der Waals surface area contributed by atoms with Gasteiger partial charge in [-0.3, -0.25) is 0 Å². The maximum absolute atomic E-state index is 12.6. The van der Waals surface area contributed by atoms with Gasteiger partial charge in [-0.05, 0) is 24.3 Å². The van der Waals surface area contributed by atoms with Gasteiger partial charge in [0, 0.05) is 29.7 Å². The molecule has 0 aliphatic rings. The largest absolute Gasteiger partial charge is 0.497 e. The second-order valence-electron chi connectivity index (χ2n) is 5.54. The monoisotopic (exact) mass is 344 g/mol. The van der Waals surface area contributed by atoms with Crippen molar-refractivity contribution >= 4 is 21.9 Å². The molecule has 0 amide bonds. The van der Waals surface area contributed by atoms with Crippen LogP contribution < -0.4 is 9.47 Å². The second-order valence-corrected chi connectivity index (χ2v) is 5.54. The zero-order valence-corrected chi connectivity index (χ0v) is 13.5. The Morgan fingerprint density at radius 3 is 2.76 bits per heavy atom. The van der Waals surface area contributed by atoms with Crippen LogP contribution in [0, 0.1) is 0 Å². The quantitative estimate of drug-likeness (QED) is 0.613. The van der Waals surface area contributed by atoms with Gasteiger partial charge in [0.05, 0.1) is 18.2 Å². The summed E-state index contributed by atoms with van der Waals surface area (Å²) < 4.78 is 36.9. The smallest absolute Gasteiger partial charge is 0.388 e. The number of alkyl halides is 2. The van der Waals surface area contributed by atoms with Gasteiger partial charge >= 0.3 is 6.61 Å². The topological polar surface area (TPSA) is 65.0 Å². The molecular weight excluding hydrogens is 330 g/mol. The highest BCUT2D eigenvalue weighted by Gasteiger charge is 2.16. The fraction of sp³-hybridized carbons (Fsp3) is 0.176. The third-order valence-corrected chi connectivity index (χ3v) is 4.08. The van der Waals surface area contributed by atoms with Gasteiger partial charge in [-0.2, -0.15) is 8.78 Å². The molecule has 0 aliphatic carbocycles. The normalized spacial score (nSPS) is 11.6. The first-order valence-electron chi connectivity index (χ1n) is 7.49. The lowest BCUT2D eigenvalue weighted by molar-refractivity contribution is -0.0517. The molecule has 0 atom stereocenters. The van der Waals surface area contributed by atoms with Crippen LogP contribution in [0.25, 0.3) is 33.2 Å². The average Bonchev–Trinajstić information content (AvgIpc) is 3.16. The van der Waals surface area contributed by atoms with Crippen LogP contribution in [0.2, 0.25) is 0 Å². The van der Waals surface area contributed by atoms with Crippen molar-refractivity contribution in [1.82, 2.24) is 19.5 Å². The molecule has 4 rings (SSSR count). The first kappa shape index (κ1) is 15.4. The van der Waals surface area contributed by atoms with Gasteiger partial charge in [0.1, 0.15) is 17.7 Å². The van der Waals surface area contributed by atoms with Crippen molar-refractivity contribution in [2.45, 2.75) is 6.61 Å². The van der Waals surface area contributed by atoms with Gasteiger partial charge in [0.2, 0.25) is 5.88 Å². The summed E-state index contributed by atoms with van der Waals surface area (Å²) in [5.74, 6) is 0.581. The molecule has 128 valence electrons. The lowest BCUT2D eigenvalue weighted by Crippen LogP contribution is -2.03. The number of benzene rings is 1. The van der Waals surface area contributed by atoms with E-state index >= 15 is 0 Å². The number of aromatic amines is 1. The molecule has 0 radical (unpaired) electrons. The van der Waals surface area contributed by atoms with Gasteiger partial charge < -0.3 is 19.0 Å². The molecule has 4 aromatic rings. The Bertz CT molecular complexity index is 1070. The number of nitrogens with one attached hydrogen (secondary N) is 1. The van der Waals surface area contributed by atoms with Gasteiger partial charge in [-0.1, -0.05) is 0 Å². The van der Waals surface area contributed by atoms with Gasteiger partial charge in [0.15, 0.2) is 0 Å². The Balaban J connectivity index is 1.91. The molecule has 0 fully saturated rings. The highest BCUT2D eigenvalue weighted by Crippen LogP contribution is 2.35. The molecule has 0 unspecified atom stereocenters. The van der Waals surface area contributed by atoms with Crippen molar-refractivity contribution in [3.63, 3.8) is 0 Å². The number of rotatable bonds is 4. The minimum absolute atomic E-state index is 0.152. The van der Waals surface area contributed by atoms with Crippen molar-refractivity contribution in [1.29, 1.82) is 0 Å². The lowest BCUT2D eigenvalue weighted by atomic mass is 10.1. The summed E-state index contributed by atoms with van der Waals surface area (Å²) in [4.78, 5) is 11.0. The number of nitrogens with zero attached hydrogens (tertiary/aromatic N) is 3. The standard InChI is InChI=1S/C17H14F2N4O2/c1-23-7-12(10-5-9(24-2)3-4-14(10)23)13-6-11-15(22-13)20-8-21-16(11)25-17(18)19/h3-8,17H,1-2H3,(H,20,21,22). The van der Waals surface area contributed by atoms with E-state index in [1.165, 1.54) is 6.33 Å². The van der Waals surface area contributed by atoms with Crippen LogP contribution in [0.1, 0.15) is 0 Å². The maximum atomic E-state index is 12.6. The number of hydrogen-bond donors (Lipinski definition) is 1. The molecule has 0 aliphatic heterocycles. The Labute approximate surface area is 141 Å². The number of H-pyrrole nitrogens is 1. The molecule has 6 nitrogen and oxygen atoms in total. The van der Waals surface area contributed by atoms with E-state index in [4.69, 9.17) is 4.74 Å². The number of fused-ring (bicyclic) bond motifs is 2. The van der Waals surface area contributed by atoms with E-state index in [-0.39, 0.29) is 5.88 Å². The SMILES string of the molecule is COc1ccc2c(c1)c(-c1cc3c(OC(F)F)ncnc3[nH]1)cn2C. The molecule has 8 heteroatoms. The highest BCUT2D eigenvalue weighted by molar-refractivity contribution is 5.99. The summed E-state index contributed by atoms with van der Waals surface area (Å²) in [6.45, 7) is -2.95. The third kappa shape index (κ3) is 2.55. The number of methoxy groups -OCH3 is 1. The van der Waals surface area contributed by atoms with E-state index in [0.717, 1.165) is 27.9 Å². The molecule has 25 heavy (non-hydrogen) atoms. The summed E-state index contributed by atoms with van der Waals surface area (Å²) in [7, 11) is 3.54. The predicted octanol–water partition coefficient (Wildman–Crippen LogP) is 3.73. The van der Waals surface area contributed by atoms with Crippen molar-refractivity contribution in [3.8, 4) is 22.9 Å². The van der Waals surface area contributed by atoms with Crippen LogP contribution in [-0.4, -0.2) is 33.2 Å². The number of ether oxygens (including phenoxy) is 2. The fourth-order valence-electron chi connectivity index (χ4n) is 2.95. The number of aromatic nitrogens is 4. The summed E-state index contributed by atoms with van der Waals surface area (Å²) in [6, 6.07) is 7.49. The number of hydrogen-bond acceptors (Lipinski definition) is 4. The molecule has 0 spiro atoms. The van der Waals surface area contributed by atoms with Crippen LogP contribution in [-0.2, 0) is 7.05 Å². The van der Waals surface area contributed by atoms with Crippen LogP contribution >= 0.6 is 0 Å². The van der Waals surface area contributed by atoms with Gasteiger partial charge in [-0.15, -0.1) is 0 Å². The molecule has 0 bridgehead atoms. The Hall–Kier alpha value is -3.16. The van der Waals surface area contributed by atoms with Gasteiger partial charge in [0.25, 0.3) is 0 Å². The minimum atomic E-state index is -2.95. The van der Waals surface area contributed by atoms with Crippen molar-refractivity contribution in [3.05, 3.63) is 36.8 Å². The van der Waals surface area contributed by atoms with E-state index in [0.29, 0.717) is 11.0 Å². The Kier molecular flexibility index (Phi) is 3.52.